The first kappa shape index (κ1) is 60.2. The highest BCUT2D eigenvalue weighted by molar-refractivity contribution is 4.84. The first-order valence-corrected chi connectivity index (χ1v) is 22.4. The second-order valence-electron chi connectivity index (χ2n) is 13.1. The molecule has 0 spiro atoms. The standard InChI is InChI=1S/C42H84O21/c1-43-3-5-45-7-9-47-11-13-49-15-17-51-19-21-53-23-25-55-27-29-57-31-33-59-35-37-61-39-41-42(63-41)40-62-38-36-60-34-32-58-30-28-56-26-24-54-22-20-52-18-16-50-14-12-48-10-8-46-6-4-44-2/h41-42H,3-40H2,1-2H3. The Hall–Kier alpha value is -0.840. The van der Waals surface area contributed by atoms with Gasteiger partial charge in [0.05, 0.1) is 251 Å². The molecule has 0 aromatic heterocycles. The van der Waals surface area contributed by atoms with Gasteiger partial charge < -0.3 is 99.5 Å². The van der Waals surface area contributed by atoms with Gasteiger partial charge in [0.1, 0.15) is 12.2 Å². The Bertz CT molecular complexity index is 777. The van der Waals surface area contributed by atoms with E-state index >= 15 is 0 Å². The quantitative estimate of drug-likeness (QED) is 0.0598. The molecule has 1 saturated heterocycles. The smallest absolute Gasteiger partial charge is 0.110 e. The van der Waals surface area contributed by atoms with E-state index in [2.05, 4.69) is 0 Å². The van der Waals surface area contributed by atoms with Crippen molar-refractivity contribution >= 4 is 0 Å². The highest BCUT2D eigenvalue weighted by Gasteiger charge is 2.38. The molecule has 1 aliphatic heterocycles. The predicted octanol–water partition coefficient (Wildman–Crippen LogP) is 0.345. The molecule has 1 heterocycles. The number of hydrogen-bond donors (Lipinski definition) is 0. The lowest BCUT2D eigenvalue weighted by atomic mass is 10.3. The summed E-state index contributed by atoms with van der Waals surface area (Å²) in [4.78, 5) is 0. The lowest BCUT2D eigenvalue weighted by molar-refractivity contribution is -0.0261. The Balaban J connectivity index is 1.63. The van der Waals surface area contributed by atoms with Crippen molar-refractivity contribution in [2.75, 3.05) is 265 Å². The minimum atomic E-state index is 0.0604. The monoisotopic (exact) mass is 925 g/mol. The Kier molecular flexibility index (Phi) is 51.4. The summed E-state index contributed by atoms with van der Waals surface area (Å²) in [5, 5.41) is 0. The normalized spacial score (nSPS) is 15.0. The van der Waals surface area contributed by atoms with Gasteiger partial charge >= 0.3 is 0 Å². The third-order valence-corrected chi connectivity index (χ3v) is 8.07. The Morgan fingerprint density at radius 1 is 0.190 bits per heavy atom. The molecule has 0 amide bonds. The number of rotatable bonds is 58. The van der Waals surface area contributed by atoms with Gasteiger partial charge in [0, 0.05) is 14.2 Å². The molecular weight excluding hydrogens is 840 g/mol. The maximum absolute atomic E-state index is 5.64. The Morgan fingerprint density at radius 2 is 0.317 bits per heavy atom. The summed E-state index contributed by atoms with van der Waals surface area (Å²) in [6.45, 7) is 19.7. The molecular formula is C42H84O21. The third kappa shape index (κ3) is 50.4. The molecule has 0 saturated carbocycles. The number of ether oxygens (including phenoxy) is 21. The average Bonchev–Trinajstić information content (AvgIpc) is 4.05. The van der Waals surface area contributed by atoms with Crippen LogP contribution >= 0.6 is 0 Å². The molecule has 0 N–H and O–H groups in total. The highest BCUT2D eigenvalue weighted by Crippen LogP contribution is 2.22. The van der Waals surface area contributed by atoms with Gasteiger partial charge in [-0.3, -0.25) is 0 Å². The van der Waals surface area contributed by atoms with E-state index in [0.29, 0.717) is 251 Å². The van der Waals surface area contributed by atoms with E-state index in [1.165, 1.54) is 0 Å². The molecule has 0 aromatic rings. The van der Waals surface area contributed by atoms with E-state index in [9.17, 15) is 0 Å². The molecule has 0 aromatic carbocycles. The van der Waals surface area contributed by atoms with Crippen LogP contribution in [0.25, 0.3) is 0 Å². The molecule has 1 fully saturated rings. The van der Waals surface area contributed by atoms with Crippen LogP contribution in [0.3, 0.4) is 0 Å². The molecule has 2 unspecified atom stereocenters. The van der Waals surface area contributed by atoms with Gasteiger partial charge in [-0.1, -0.05) is 0 Å². The minimum Gasteiger partial charge on any atom is -0.382 e. The summed E-state index contributed by atoms with van der Waals surface area (Å²) >= 11 is 0. The van der Waals surface area contributed by atoms with Crippen molar-refractivity contribution in [1.29, 1.82) is 0 Å². The molecule has 0 radical (unpaired) electrons. The molecule has 63 heavy (non-hydrogen) atoms. The first-order valence-electron chi connectivity index (χ1n) is 22.4. The van der Waals surface area contributed by atoms with E-state index in [1.807, 2.05) is 0 Å². The molecule has 0 aliphatic carbocycles. The van der Waals surface area contributed by atoms with Crippen LogP contribution in [0.4, 0.5) is 0 Å². The van der Waals surface area contributed by atoms with Crippen molar-refractivity contribution in [2.45, 2.75) is 12.2 Å². The van der Waals surface area contributed by atoms with Gasteiger partial charge in [-0.15, -0.1) is 0 Å². The summed E-state index contributed by atoms with van der Waals surface area (Å²) in [5.74, 6) is 0. The van der Waals surface area contributed by atoms with E-state index in [0.717, 1.165) is 0 Å². The molecule has 0 bridgehead atoms. The predicted molar refractivity (Wildman–Crippen MR) is 227 cm³/mol. The fourth-order valence-electron chi connectivity index (χ4n) is 4.67. The van der Waals surface area contributed by atoms with E-state index in [-0.39, 0.29) is 12.2 Å². The summed E-state index contributed by atoms with van der Waals surface area (Å²) in [6.07, 6.45) is 0.121. The van der Waals surface area contributed by atoms with Crippen molar-refractivity contribution in [3.8, 4) is 0 Å². The zero-order valence-corrected chi connectivity index (χ0v) is 38.6. The maximum Gasteiger partial charge on any atom is 0.110 e. The Labute approximate surface area is 376 Å². The fourth-order valence-corrected chi connectivity index (χ4v) is 4.67. The van der Waals surface area contributed by atoms with Gasteiger partial charge in [0.25, 0.3) is 0 Å². The van der Waals surface area contributed by atoms with Crippen LogP contribution in [0.15, 0.2) is 0 Å². The minimum absolute atomic E-state index is 0.0604. The summed E-state index contributed by atoms with van der Waals surface area (Å²) in [6, 6.07) is 0. The van der Waals surface area contributed by atoms with E-state index in [4.69, 9.17) is 99.5 Å². The van der Waals surface area contributed by atoms with Gasteiger partial charge in [-0.05, 0) is 0 Å². The number of hydrogen-bond acceptors (Lipinski definition) is 21. The van der Waals surface area contributed by atoms with Crippen molar-refractivity contribution in [3.63, 3.8) is 0 Å². The maximum atomic E-state index is 5.64. The van der Waals surface area contributed by atoms with Crippen molar-refractivity contribution in [3.05, 3.63) is 0 Å². The molecule has 1 rings (SSSR count). The molecule has 21 nitrogen and oxygen atoms in total. The SMILES string of the molecule is COCCOCCOCCOCCOCCOCCOCCOCCOCCOCC1OC1COCCOCCOCCOCCOCCOCCOCCOCCOCCOC. The number of methoxy groups -OCH3 is 2. The van der Waals surface area contributed by atoms with Crippen molar-refractivity contribution in [1.82, 2.24) is 0 Å². The molecule has 2 atom stereocenters. The van der Waals surface area contributed by atoms with Crippen LogP contribution in [-0.4, -0.2) is 277 Å². The lowest BCUT2D eigenvalue weighted by Crippen LogP contribution is -2.16. The fraction of sp³-hybridized carbons (Fsp3) is 1.00. The topological polar surface area (TPSA) is 197 Å². The van der Waals surface area contributed by atoms with Crippen molar-refractivity contribution in [2.24, 2.45) is 0 Å². The Morgan fingerprint density at radius 3 is 0.460 bits per heavy atom. The molecule has 1 aliphatic rings. The van der Waals surface area contributed by atoms with Gasteiger partial charge in [0.2, 0.25) is 0 Å². The van der Waals surface area contributed by atoms with E-state index in [1.54, 1.807) is 14.2 Å². The van der Waals surface area contributed by atoms with Gasteiger partial charge in [0.15, 0.2) is 0 Å². The lowest BCUT2D eigenvalue weighted by Gasteiger charge is -2.09. The third-order valence-electron chi connectivity index (χ3n) is 8.07. The van der Waals surface area contributed by atoms with Gasteiger partial charge in [-0.2, -0.15) is 0 Å². The highest BCUT2D eigenvalue weighted by atomic mass is 16.6. The van der Waals surface area contributed by atoms with Gasteiger partial charge in [-0.25, -0.2) is 0 Å². The first-order chi connectivity index (χ1) is 31.4. The second-order valence-corrected chi connectivity index (χ2v) is 13.1. The van der Waals surface area contributed by atoms with Crippen LogP contribution in [0.1, 0.15) is 0 Å². The molecule has 21 heteroatoms. The number of epoxide rings is 1. The van der Waals surface area contributed by atoms with Crippen LogP contribution in [0.5, 0.6) is 0 Å². The summed E-state index contributed by atoms with van der Waals surface area (Å²) < 4.78 is 114. The van der Waals surface area contributed by atoms with Crippen LogP contribution in [0, 0.1) is 0 Å². The van der Waals surface area contributed by atoms with Crippen molar-refractivity contribution < 1.29 is 99.5 Å². The largest absolute Gasteiger partial charge is 0.382 e. The van der Waals surface area contributed by atoms with Crippen LogP contribution in [-0.2, 0) is 99.5 Å². The average molecular weight is 925 g/mol. The zero-order chi connectivity index (χ0) is 44.9. The van der Waals surface area contributed by atoms with Crippen LogP contribution in [0.2, 0.25) is 0 Å². The second kappa shape index (κ2) is 53.8. The summed E-state index contributed by atoms with van der Waals surface area (Å²) in [5.41, 5.74) is 0. The van der Waals surface area contributed by atoms with Crippen LogP contribution < -0.4 is 0 Å². The summed E-state index contributed by atoms with van der Waals surface area (Å²) in [7, 11) is 3.29. The van der Waals surface area contributed by atoms with E-state index < -0.39 is 0 Å². The zero-order valence-electron chi connectivity index (χ0n) is 38.6. The molecule has 378 valence electrons.